The number of ether oxygens (including phenoxy) is 2. The fourth-order valence-electron chi connectivity index (χ4n) is 3.36. The molecule has 1 aromatic rings. The summed E-state index contributed by atoms with van der Waals surface area (Å²) in [6.45, 7) is 1.86. The molecule has 3 N–H and O–H groups in total. The highest BCUT2D eigenvalue weighted by molar-refractivity contribution is 5.91. The molecule has 0 radical (unpaired) electrons. The van der Waals surface area contributed by atoms with E-state index in [4.69, 9.17) is 15.2 Å². The monoisotopic (exact) mass is 334 g/mol. The smallest absolute Gasteiger partial charge is 0.224 e. The van der Waals surface area contributed by atoms with Crippen LogP contribution in [0.5, 0.6) is 5.75 Å². The van der Waals surface area contributed by atoms with Gasteiger partial charge in [-0.1, -0.05) is 25.3 Å². The number of nitrogens with one attached hydrogen (secondary N) is 1. The standard InChI is InChI=1S/C19H30N2O3/c1-23-11-6-12-24-17-8-5-7-16(13-17)21-18(22)14-19(15-20)9-3-2-4-10-19/h5,7-8,13H,2-4,6,9-12,14-15,20H2,1H3,(H,21,22). The molecule has 24 heavy (non-hydrogen) atoms. The Hall–Kier alpha value is -1.59. The van der Waals surface area contributed by atoms with Gasteiger partial charge < -0.3 is 20.5 Å². The molecule has 0 saturated heterocycles. The molecule has 0 spiro atoms. The van der Waals surface area contributed by atoms with Crippen molar-refractivity contribution in [1.82, 2.24) is 0 Å². The summed E-state index contributed by atoms with van der Waals surface area (Å²) >= 11 is 0. The molecule has 5 heteroatoms. The lowest BCUT2D eigenvalue weighted by atomic mass is 9.71. The molecule has 134 valence electrons. The molecule has 0 bridgehead atoms. The van der Waals surface area contributed by atoms with Gasteiger partial charge in [0.25, 0.3) is 0 Å². The maximum atomic E-state index is 12.4. The number of hydrogen-bond donors (Lipinski definition) is 2. The molecule has 0 atom stereocenters. The molecule has 1 saturated carbocycles. The second kappa shape index (κ2) is 9.64. The van der Waals surface area contributed by atoms with Crippen LogP contribution < -0.4 is 15.8 Å². The highest BCUT2D eigenvalue weighted by atomic mass is 16.5. The fraction of sp³-hybridized carbons (Fsp3) is 0.632. The van der Waals surface area contributed by atoms with Crippen LogP contribution in [0.15, 0.2) is 24.3 Å². The van der Waals surface area contributed by atoms with Crippen molar-refractivity contribution in [2.24, 2.45) is 11.1 Å². The molecule has 1 fully saturated rings. The summed E-state index contributed by atoms with van der Waals surface area (Å²) in [4.78, 5) is 12.4. The van der Waals surface area contributed by atoms with Crippen molar-refractivity contribution >= 4 is 11.6 Å². The number of hydrogen-bond acceptors (Lipinski definition) is 4. The van der Waals surface area contributed by atoms with E-state index in [1.165, 1.54) is 19.3 Å². The van der Waals surface area contributed by atoms with E-state index < -0.39 is 0 Å². The Morgan fingerprint density at radius 2 is 2.04 bits per heavy atom. The van der Waals surface area contributed by atoms with Crippen molar-refractivity contribution in [3.05, 3.63) is 24.3 Å². The van der Waals surface area contributed by atoms with E-state index in [9.17, 15) is 4.79 Å². The third kappa shape index (κ3) is 5.80. The zero-order valence-electron chi connectivity index (χ0n) is 14.7. The van der Waals surface area contributed by atoms with Crippen LogP contribution >= 0.6 is 0 Å². The number of rotatable bonds is 9. The number of amides is 1. The first-order chi connectivity index (χ1) is 11.7. The summed E-state index contributed by atoms with van der Waals surface area (Å²) in [5.41, 5.74) is 6.73. The molecule has 2 rings (SSSR count). The maximum absolute atomic E-state index is 12.4. The van der Waals surface area contributed by atoms with E-state index in [0.717, 1.165) is 30.7 Å². The second-order valence-electron chi connectivity index (χ2n) is 6.71. The average Bonchev–Trinajstić information content (AvgIpc) is 2.60. The van der Waals surface area contributed by atoms with Crippen LogP contribution in [0.1, 0.15) is 44.9 Å². The van der Waals surface area contributed by atoms with E-state index in [0.29, 0.717) is 26.2 Å². The molecule has 0 aromatic heterocycles. The molecule has 1 aliphatic carbocycles. The Bertz CT molecular complexity index is 513. The van der Waals surface area contributed by atoms with Gasteiger partial charge in [-0.3, -0.25) is 4.79 Å². The third-order valence-corrected chi connectivity index (χ3v) is 4.76. The molecule has 0 heterocycles. The molecule has 0 unspecified atom stereocenters. The normalized spacial score (nSPS) is 16.6. The Kier molecular flexibility index (Phi) is 7.53. The summed E-state index contributed by atoms with van der Waals surface area (Å²) in [5, 5.41) is 2.99. The number of nitrogens with two attached hydrogens (primary N) is 1. The van der Waals surface area contributed by atoms with E-state index >= 15 is 0 Å². The van der Waals surface area contributed by atoms with Crippen LogP contribution in [0, 0.1) is 5.41 Å². The number of carbonyl (C=O) groups excluding carboxylic acids is 1. The summed E-state index contributed by atoms with van der Waals surface area (Å²) in [5.74, 6) is 0.800. The molecule has 1 aromatic carbocycles. The third-order valence-electron chi connectivity index (χ3n) is 4.76. The van der Waals surface area contributed by atoms with Crippen molar-refractivity contribution in [2.75, 3.05) is 32.2 Å². The summed E-state index contributed by atoms with van der Waals surface area (Å²) in [6, 6.07) is 7.53. The maximum Gasteiger partial charge on any atom is 0.224 e. The van der Waals surface area contributed by atoms with Crippen LogP contribution in [0.4, 0.5) is 5.69 Å². The van der Waals surface area contributed by atoms with E-state index in [1.54, 1.807) is 7.11 Å². The van der Waals surface area contributed by atoms with Gasteiger partial charge in [0.1, 0.15) is 5.75 Å². The van der Waals surface area contributed by atoms with Gasteiger partial charge >= 0.3 is 0 Å². The van der Waals surface area contributed by atoms with Crippen molar-refractivity contribution in [1.29, 1.82) is 0 Å². The number of benzene rings is 1. The number of methoxy groups -OCH3 is 1. The predicted octanol–water partition coefficient (Wildman–Crippen LogP) is 3.34. The van der Waals surface area contributed by atoms with Gasteiger partial charge in [0, 0.05) is 38.3 Å². The minimum atomic E-state index is -0.0173. The summed E-state index contributed by atoms with van der Waals surface area (Å²) in [6.07, 6.45) is 7.06. The number of carbonyl (C=O) groups is 1. The van der Waals surface area contributed by atoms with E-state index in [-0.39, 0.29) is 11.3 Å². The van der Waals surface area contributed by atoms with Crippen LogP contribution in [-0.4, -0.2) is 32.8 Å². The zero-order valence-corrected chi connectivity index (χ0v) is 14.7. The van der Waals surface area contributed by atoms with Gasteiger partial charge in [0.15, 0.2) is 0 Å². The number of anilines is 1. The Labute approximate surface area is 144 Å². The molecular weight excluding hydrogens is 304 g/mol. The quantitative estimate of drug-likeness (QED) is 0.679. The Morgan fingerprint density at radius 3 is 2.75 bits per heavy atom. The minimum Gasteiger partial charge on any atom is -0.493 e. The highest BCUT2D eigenvalue weighted by Gasteiger charge is 2.32. The molecule has 1 amide bonds. The van der Waals surface area contributed by atoms with Crippen molar-refractivity contribution < 1.29 is 14.3 Å². The molecule has 5 nitrogen and oxygen atoms in total. The SMILES string of the molecule is COCCCOc1cccc(NC(=O)CC2(CN)CCCCC2)c1. The molecule has 1 aliphatic rings. The molecular formula is C19H30N2O3. The lowest BCUT2D eigenvalue weighted by molar-refractivity contribution is -0.118. The van der Waals surface area contributed by atoms with Gasteiger partial charge in [-0.05, 0) is 36.9 Å². The van der Waals surface area contributed by atoms with Crippen LogP contribution in [0.2, 0.25) is 0 Å². The van der Waals surface area contributed by atoms with Crippen LogP contribution in [0.3, 0.4) is 0 Å². The minimum absolute atomic E-state index is 0.0173. The van der Waals surface area contributed by atoms with Crippen LogP contribution in [-0.2, 0) is 9.53 Å². The predicted molar refractivity (Wildman–Crippen MR) is 96.2 cm³/mol. The lowest BCUT2D eigenvalue weighted by Gasteiger charge is -2.35. The topological polar surface area (TPSA) is 73.6 Å². The molecule has 0 aliphatic heterocycles. The van der Waals surface area contributed by atoms with Gasteiger partial charge in [0.05, 0.1) is 6.61 Å². The van der Waals surface area contributed by atoms with Crippen molar-refractivity contribution in [2.45, 2.75) is 44.9 Å². The second-order valence-corrected chi connectivity index (χ2v) is 6.71. The average molecular weight is 334 g/mol. The Balaban J connectivity index is 1.86. The Morgan fingerprint density at radius 1 is 1.25 bits per heavy atom. The first-order valence-electron chi connectivity index (χ1n) is 8.89. The van der Waals surface area contributed by atoms with Gasteiger partial charge in [0.2, 0.25) is 5.91 Å². The van der Waals surface area contributed by atoms with Crippen molar-refractivity contribution in [3.8, 4) is 5.75 Å². The largest absolute Gasteiger partial charge is 0.493 e. The lowest BCUT2D eigenvalue weighted by Crippen LogP contribution is -2.36. The van der Waals surface area contributed by atoms with Gasteiger partial charge in [-0.25, -0.2) is 0 Å². The zero-order chi connectivity index (χ0) is 17.3. The van der Waals surface area contributed by atoms with Gasteiger partial charge in [-0.15, -0.1) is 0 Å². The van der Waals surface area contributed by atoms with Crippen LogP contribution in [0.25, 0.3) is 0 Å². The summed E-state index contributed by atoms with van der Waals surface area (Å²) in [7, 11) is 1.68. The first-order valence-corrected chi connectivity index (χ1v) is 8.89. The summed E-state index contributed by atoms with van der Waals surface area (Å²) < 4.78 is 10.7. The fourth-order valence-corrected chi connectivity index (χ4v) is 3.36. The van der Waals surface area contributed by atoms with E-state index in [1.807, 2.05) is 24.3 Å². The van der Waals surface area contributed by atoms with Crippen molar-refractivity contribution in [3.63, 3.8) is 0 Å². The van der Waals surface area contributed by atoms with Gasteiger partial charge in [-0.2, -0.15) is 0 Å². The highest BCUT2D eigenvalue weighted by Crippen LogP contribution is 2.38. The first kappa shape index (κ1) is 18.7. The van der Waals surface area contributed by atoms with E-state index in [2.05, 4.69) is 5.32 Å².